The van der Waals surface area contributed by atoms with E-state index < -0.39 is 0 Å². The largest absolute Gasteiger partial charge is 0.504 e. The molecular formula is C17H18N2O2. The minimum atomic E-state index is 0.153. The van der Waals surface area contributed by atoms with E-state index in [1.54, 1.807) is 18.2 Å². The first-order valence-corrected chi connectivity index (χ1v) is 6.86. The summed E-state index contributed by atoms with van der Waals surface area (Å²) in [6.45, 7) is 0.924. The van der Waals surface area contributed by atoms with Crippen LogP contribution in [-0.4, -0.2) is 9.67 Å². The van der Waals surface area contributed by atoms with Crippen LogP contribution in [0.15, 0.2) is 48.7 Å². The summed E-state index contributed by atoms with van der Waals surface area (Å²) >= 11 is 0. The van der Waals surface area contributed by atoms with Crippen LogP contribution in [0.5, 0.6) is 11.5 Å². The topological polar surface area (TPSA) is 60.4 Å². The average molecular weight is 282 g/mol. The van der Waals surface area contributed by atoms with Gasteiger partial charge in [0, 0.05) is 36.3 Å². The summed E-state index contributed by atoms with van der Waals surface area (Å²) in [5.74, 6) is 0.643. The zero-order valence-corrected chi connectivity index (χ0v) is 11.9. The molecule has 2 aromatic carbocycles. The fraction of sp³-hybridized carbons (Fsp3) is 0.176. The highest BCUT2D eigenvalue weighted by Crippen LogP contribution is 2.27. The quantitative estimate of drug-likeness (QED) is 0.773. The molecule has 0 unspecified atom stereocenters. The molecule has 3 aromatic rings. The summed E-state index contributed by atoms with van der Waals surface area (Å²) < 4.78 is 7.79. The molecule has 3 rings (SSSR count). The van der Waals surface area contributed by atoms with Crippen molar-refractivity contribution in [3.63, 3.8) is 0 Å². The number of aryl methyl sites for hydroxylation is 1. The Morgan fingerprint density at radius 2 is 2.00 bits per heavy atom. The van der Waals surface area contributed by atoms with Crippen LogP contribution in [0.3, 0.4) is 0 Å². The number of aromatic hydroxyl groups is 1. The van der Waals surface area contributed by atoms with Gasteiger partial charge in [0.15, 0.2) is 11.5 Å². The molecule has 0 spiro atoms. The summed E-state index contributed by atoms with van der Waals surface area (Å²) in [6, 6.07) is 13.2. The van der Waals surface area contributed by atoms with E-state index in [0.29, 0.717) is 18.9 Å². The lowest BCUT2D eigenvalue weighted by Gasteiger charge is -2.07. The number of fused-ring (bicyclic) bond motifs is 1. The molecule has 1 aromatic heterocycles. The second kappa shape index (κ2) is 5.50. The predicted octanol–water partition coefficient (Wildman–Crippen LogP) is 2.92. The third-order valence-electron chi connectivity index (χ3n) is 3.62. The lowest BCUT2D eigenvalue weighted by atomic mass is 10.1. The molecule has 21 heavy (non-hydrogen) atoms. The number of aromatic nitrogens is 1. The maximum absolute atomic E-state index is 9.74. The Morgan fingerprint density at radius 3 is 2.76 bits per heavy atom. The lowest BCUT2D eigenvalue weighted by molar-refractivity contribution is 0.290. The first-order chi connectivity index (χ1) is 10.2. The van der Waals surface area contributed by atoms with E-state index in [-0.39, 0.29) is 5.75 Å². The second-order valence-corrected chi connectivity index (χ2v) is 5.08. The summed E-state index contributed by atoms with van der Waals surface area (Å²) in [6.07, 6.45) is 2.05. The molecular weight excluding hydrogens is 264 g/mol. The summed E-state index contributed by atoms with van der Waals surface area (Å²) in [4.78, 5) is 0. The van der Waals surface area contributed by atoms with E-state index in [1.807, 2.05) is 25.4 Å². The third-order valence-corrected chi connectivity index (χ3v) is 3.62. The standard InChI is InChI=1S/C17H18N2O2/c1-19-10-13(11-21-17-5-3-2-4-16(17)20)14-8-12(9-18)6-7-15(14)19/h2-8,10,20H,9,11,18H2,1H3. The van der Waals surface area contributed by atoms with Crippen LogP contribution in [0.25, 0.3) is 10.9 Å². The predicted molar refractivity (Wildman–Crippen MR) is 83.2 cm³/mol. The Kier molecular flexibility index (Phi) is 3.54. The van der Waals surface area contributed by atoms with Crippen molar-refractivity contribution in [2.45, 2.75) is 13.2 Å². The smallest absolute Gasteiger partial charge is 0.161 e. The van der Waals surface area contributed by atoms with Crippen LogP contribution in [0.1, 0.15) is 11.1 Å². The van der Waals surface area contributed by atoms with E-state index >= 15 is 0 Å². The number of phenols is 1. The van der Waals surface area contributed by atoms with Gasteiger partial charge in [0.05, 0.1) is 0 Å². The van der Waals surface area contributed by atoms with E-state index in [9.17, 15) is 5.11 Å². The van der Waals surface area contributed by atoms with Crippen LogP contribution in [0.2, 0.25) is 0 Å². The zero-order chi connectivity index (χ0) is 14.8. The van der Waals surface area contributed by atoms with Crippen molar-refractivity contribution in [2.24, 2.45) is 12.8 Å². The second-order valence-electron chi connectivity index (χ2n) is 5.08. The van der Waals surface area contributed by atoms with Crippen molar-refractivity contribution < 1.29 is 9.84 Å². The number of rotatable bonds is 4. The van der Waals surface area contributed by atoms with Gasteiger partial charge < -0.3 is 20.1 Å². The summed E-state index contributed by atoms with van der Waals surface area (Å²) in [5.41, 5.74) is 9.02. The molecule has 0 fully saturated rings. The first-order valence-electron chi connectivity index (χ1n) is 6.86. The van der Waals surface area contributed by atoms with Crippen molar-refractivity contribution in [2.75, 3.05) is 0 Å². The minimum absolute atomic E-state index is 0.153. The number of para-hydroxylation sites is 2. The molecule has 0 aliphatic carbocycles. The molecule has 1 heterocycles. The van der Waals surface area contributed by atoms with Gasteiger partial charge in [0.25, 0.3) is 0 Å². The number of hydrogen-bond acceptors (Lipinski definition) is 3. The van der Waals surface area contributed by atoms with Gasteiger partial charge in [0.2, 0.25) is 0 Å². The Balaban J connectivity index is 1.92. The van der Waals surface area contributed by atoms with E-state index in [0.717, 1.165) is 22.0 Å². The highest BCUT2D eigenvalue weighted by molar-refractivity contribution is 5.84. The monoisotopic (exact) mass is 282 g/mol. The Labute approximate surface area is 123 Å². The maximum Gasteiger partial charge on any atom is 0.161 e. The summed E-state index contributed by atoms with van der Waals surface area (Å²) in [5, 5.41) is 10.9. The number of hydrogen-bond donors (Lipinski definition) is 2. The van der Waals surface area contributed by atoms with Crippen molar-refractivity contribution >= 4 is 10.9 Å². The molecule has 0 saturated carbocycles. The first kappa shape index (κ1) is 13.5. The highest BCUT2D eigenvalue weighted by atomic mass is 16.5. The van der Waals surface area contributed by atoms with Crippen LogP contribution < -0.4 is 10.5 Å². The average Bonchev–Trinajstić information content (AvgIpc) is 2.82. The highest BCUT2D eigenvalue weighted by Gasteiger charge is 2.09. The Bertz CT molecular complexity index is 778. The molecule has 0 amide bonds. The normalized spacial score (nSPS) is 11.0. The van der Waals surface area contributed by atoms with Gasteiger partial charge in [0.1, 0.15) is 6.61 Å². The van der Waals surface area contributed by atoms with E-state index in [2.05, 4.69) is 16.7 Å². The van der Waals surface area contributed by atoms with Crippen molar-refractivity contribution in [1.29, 1.82) is 0 Å². The van der Waals surface area contributed by atoms with E-state index in [1.165, 1.54) is 0 Å². The molecule has 0 aliphatic rings. The SMILES string of the molecule is Cn1cc(COc2ccccc2O)c2cc(CN)ccc21. The van der Waals surface area contributed by atoms with Crippen LogP contribution in [0.4, 0.5) is 0 Å². The van der Waals surface area contributed by atoms with Crippen molar-refractivity contribution in [1.82, 2.24) is 4.57 Å². The molecule has 4 heteroatoms. The maximum atomic E-state index is 9.74. The molecule has 0 atom stereocenters. The molecule has 108 valence electrons. The fourth-order valence-corrected chi connectivity index (χ4v) is 2.50. The Morgan fingerprint density at radius 1 is 1.19 bits per heavy atom. The number of benzene rings is 2. The molecule has 0 bridgehead atoms. The van der Waals surface area contributed by atoms with Gasteiger partial charge in [-0.2, -0.15) is 0 Å². The molecule has 0 saturated heterocycles. The Hall–Kier alpha value is -2.46. The van der Waals surface area contributed by atoms with Gasteiger partial charge in [-0.1, -0.05) is 18.2 Å². The zero-order valence-electron chi connectivity index (χ0n) is 11.9. The van der Waals surface area contributed by atoms with Gasteiger partial charge in [-0.25, -0.2) is 0 Å². The van der Waals surface area contributed by atoms with Gasteiger partial charge in [-0.05, 0) is 29.8 Å². The molecule has 4 nitrogen and oxygen atoms in total. The van der Waals surface area contributed by atoms with Crippen LogP contribution in [-0.2, 0) is 20.2 Å². The number of ether oxygens (including phenoxy) is 1. The lowest BCUT2D eigenvalue weighted by Crippen LogP contribution is -1.97. The van der Waals surface area contributed by atoms with Crippen LogP contribution >= 0.6 is 0 Å². The minimum Gasteiger partial charge on any atom is -0.504 e. The van der Waals surface area contributed by atoms with Gasteiger partial charge in [-0.15, -0.1) is 0 Å². The third kappa shape index (κ3) is 2.58. The van der Waals surface area contributed by atoms with Crippen LogP contribution in [0, 0.1) is 0 Å². The van der Waals surface area contributed by atoms with Crippen molar-refractivity contribution in [3.05, 3.63) is 59.8 Å². The van der Waals surface area contributed by atoms with Gasteiger partial charge >= 0.3 is 0 Å². The summed E-state index contributed by atoms with van der Waals surface area (Å²) in [7, 11) is 2.01. The number of phenolic OH excluding ortho intramolecular Hbond substituents is 1. The van der Waals surface area contributed by atoms with Crippen molar-refractivity contribution in [3.8, 4) is 11.5 Å². The number of nitrogens with two attached hydrogens (primary N) is 1. The molecule has 3 N–H and O–H groups in total. The van der Waals surface area contributed by atoms with E-state index in [4.69, 9.17) is 10.5 Å². The van der Waals surface area contributed by atoms with Gasteiger partial charge in [-0.3, -0.25) is 0 Å². The fourth-order valence-electron chi connectivity index (χ4n) is 2.50. The molecule has 0 aliphatic heterocycles. The number of nitrogens with zero attached hydrogens (tertiary/aromatic N) is 1. The molecule has 0 radical (unpaired) electrons.